The third-order valence-electron chi connectivity index (χ3n) is 4.12. The smallest absolute Gasteiger partial charge is 0.420 e. The number of ether oxygens (including phenoxy) is 2. The van der Waals surface area contributed by atoms with Crippen LogP contribution < -0.4 is 4.74 Å². The summed E-state index contributed by atoms with van der Waals surface area (Å²) in [5.41, 5.74) is -0.886. The molecule has 0 fully saturated rings. The number of hydrogen-bond acceptors (Lipinski definition) is 6. The fourth-order valence-corrected chi connectivity index (χ4v) is 3.44. The molecule has 1 heterocycles. The molecule has 0 amide bonds. The van der Waals surface area contributed by atoms with Gasteiger partial charge in [0.05, 0.1) is 33.5 Å². The van der Waals surface area contributed by atoms with Crippen molar-refractivity contribution in [3.63, 3.8) is 0 Å². The van der Waals surface area contributed by atoms with Gasteiger partial charge in [0.1, 0.15) is 11.5 Å². The predicted molar refractivity (Wildman–Crippen MR) is 101 cm³/mol. The molecule has 0 aliphatic heterocycles. The topological polar surface area (TPSA) is 87.5 Å². The van der Waals surface area contributed by atoms with Gasteiger partial charge in [0.15, 0.2) is 9.84 Å². The van der Waals surface area contributed by atoms with Crippen LogP contribution >= 0.6 is 0 Å². The SMILES string of the molecule is CCOC(=O)c1cc(Oc2ccc(S(C)(=O)=O)cc2C(F)(F)F)c2cn(C)nc2c1. The molecule has 2 aromatic carbocycles. The second-order valence-corrected chi connectivity index (χ2v) is 8.48. The van der Waals surface area contributed by atoms with E-state index in [1.165, 1.54) is 23.0 Å². The molecule has 0 aliphatic rings. The van der Waals surface area contributed by atoms with Gasteiger partial charge < -0.3 is 9.47 Å². The van der Waals surface area contributed by atoms with E-state index in [4.69, 9.17) is 9.47 Å². The van der Waals surface area contributed by atoms with Crippen LogP contribution in [0.15, 0.2) is 41.4 Å². The fraction of sp³-hybridized carbons (Fsp3) is 0.263. The number of aromatic nitrogens is 2. The predicted octanol–water partition coefficient (Wildman–Crippen LogP) is 3.96. The Hall–Kier alpha value is -3.08. The number of aryl methyl sites for hydroxylation is 1. The summed E-state index contributed by atoms with van der Waals surface area (Å²) in [6, 6.07) is 5.17. The fourth-order valence-electron chi connectivity index (χ4n) is 2.80. The van der Waals surface area contributed by atoms with Gasteiger partial charge in [0.2, 0.25) is 0 Å². The van der Waals surface area contributed by atoms with Crippen LogP contribution in [0.4, 0.5) is 13.2 Å². The molecule has 160 valence electrons. The molecule has 0 unspecified atom stereocenters. The number of carbonyl (C=O) groups is 1. The minimum absolute atomic E-state index is 0.0544. The maximum absolute atomic E-state index is 13.6. The second kappa shape index (κ2) is 7.63. The van der Waals surface area contributed by atoms with Crippen molar-refractivity contribution in [1.82, 2.24) is 9.78 Å². The number of halogens is 3. The standard InChI is InChI=1S/C19H17F3N2O5S/c1-4-28-18(25)11-7-15-13(10-24(2)23-15)17(8-11)29-16-6-5-12(30(3,26)27)9-14(16)19(20,21)22/h5-10H,4H2,1-3H3. The Balaban J connectivity index is 2.17. The number of rotatable bonds is 5. The molecule has 3 rings (SSSR count). The molecule has 0 saturated heterocycles. The summed E-state index contributed by atoms with van der Waals surface area (Å²) in [5, 5.41) is 4.53. The third-order valence-corrected chi connectivity index (χ3v) is 5.23. The zero-order valence-electron chi connectivity index (χ0n) is 16.1. The Morgan fingerprint density at radius 1 is 1.17 bits per heavy atom. The summed E-state index contributed by atoms with van der Waals surface area (Å²) in [6.07, 6.45) is -2.54. The summed E-state index contributed by atoms with van der Waals surface area (Å²) in [7, 11) is -2.25. The Morgan fingerprint density at radius 2 is 1.87 bits per heavy atom. The molecule has 30 heavy (non-hydrogen) atoms. The monoisotopic (exact) mass is 442 g/mol. The molecule has 3 aromatic rings. The summed E-state index contributed by atoms with van der Waals surface area (Å²) in [6.45, 7) is 1.73. The molecule has 11 heteroatoms. The number of esters is 1. The summed E-state index contributed by atoms with van der Waals surface area (Å²) >= 11 is 0. The van der Waals surface area contributed by atoms with Crippen molar-refractivity contribution in [2.75, 3.05) is 12.9 Å². The molecular weight excluding hydrogens is 425 g/mol. The van der Waals surface area contributed by atoms with E-state index in [1.54, 1.807) is 14.0 Å². The lowest BCUT2D eigenvalue weighted by molar-refractivity contribution is -0.138. The highest BCUT2D eigenvalue weighted by atomic mass is 32.2. The van der Waals surface area contributed by atoms with Crippen LogP contribution in [0.5, 0.6) is 11.5 Å². The van der Waals surface area contributed by atoms with E-state index in [0.717, 1.165) is 18.4 Å². The number of benzene rings is 2. The zero-order valence-corrected chi connectivity index (χ0v) is 17.0. The first-order valence-electron chi connectivity index (χ1n) is 8.64. The van der Waals surface area contributed by atoms with Crippen LogP contribution in [0.1, 0.15) is 22.8 Å². The second-order valence-electron chi connectivity index (χ2n) is 6.46. The van der Waals surface area contributed by atoms with E-state index in [2.05, 4.69) is 5.10 Å². The van der Waals surface area contributed by atoms with E-state index < -0.39 is 38.2 Å². The van der Waals surface area contributed by atoms with Gasteiger partial charge in [-0.1, -0.05) is 0 Å². The number of alkyl halides is 3. The molecule has 7 nitrogen and oxygen atoms in total. The Morgan fingerprint density at radius 3 is 2.47 bits per heavy atom. The quantitative estimate of drug-likeness (QED) is 0.556. The van der Waals surface area contributed by atoms with Gasteiger partial charge in [-0.05, 0) is 37.3 Å². The molecule has 0 bridgehead atoms. The first-order valence-corrected chi connectivity index (χ1v) is 10.5. The van der Waals surface area contributed by atoms with E-state index in [9.17, 15) is 26.4 Å². The number of fused-ring (bicyclic) bond motifs is 1. The van der Waals surface area contributed by atoms with Crippen LogP contribution in [-0.4, -0.2) is 37.0 Å². The van der Waals surface area contributed by atoms with Crippen molar-refractivity contribution >= 4 is 26.7 Å². The maximum Gasteiger partial charge on any atom is 0.420 e. The Kier molecular flexibility index (Phi) is 5.50. The van der Waals surface area contributed by atoms with Crippen LogP contribution in [0.2, 0.25) is 0 Å². The minimum atomic E-state index is -4.87. The number of carbonyl (C=O) groups excluding carboxylic acids is 1. The molecule has 0 aliphatic carbocycles. The van der Waals surface area contributed by atoms with E-state index in [-0.39, 0.29) is 17.9 Å². The molecule has 0 atom stereocenters. The van der Waals surface area contributed by atoms with Crippen LogP contribution in [0.25, 0.3) is 10.9 Å². The lowest BCUT2D eigenvalue weighted by Crippen LogP contribution is -2.10. The van der Waals surface area contributed by atoms with Crippen LogP contribution in [0, 0.1) is 0 Å². The van der Waals surface area contributed by atoms with Crippen molar-refractivity contribution in [3.05, 3.63) is 47.7 Å². The maximum atomic E-state index is 13.6. The molecule has 0 saturated carbocycles. The largest absolute Gasteiger partial charge is 0.462 e. The summed E-state index contributed by atoms with van der Waals surface area (Å²) in [5.74, 6) is -1.35. The molecule has 0 radical (unpaired) electrons. The molecular formula is C19H17F3N2O5S. The van der Waals surface area contributed by atoms with Crippen molar-refractivity contribution in [2.24, 2.45) is 7.05 Å². The minimum Gasteiger partial charge on any atom is -0.462 e. The van der Waals surface area contributed by atoms with E-state index in [1.807, 2.05) is 0 Å². The van der Waals surface area contributed by atoms with Crippen molar-refractivity contribution in [1.29, 1.82) is 0 Å². The van der Waals surface area contributed by atoms with Crippen molar-refractivity contribution < 1.29 is 35.9 Å². The van der Waals surface area contributed by atoms with Gasteiger partial charge >= 0.3 is 12.1 Å². The number of hydrogen-bond donors (Lipinski definition) is 0. The summed E-state index contributed by atoms with van der Waals surface area (Å²) in [4.78, 5) is 11.6. The van der Waals surface area contributed by atoms with Crippen LogP contribution in [0.3, 0.4) is 0 Å². The lowest BCUT2D eigenvalue weighted by Gasteiger charge is -2.16. The van der Waals surface area contributed by atoms with Gasteiger partial charge in [0, 0.05) is 19.5 Å². The third kappa shape index (κ3) is 4.40. The van der Waals surface area contributed by atoms with Crippen LogP contribution in [-0.2, 0) is 27.8 Å². The highest BCUT2D eigenvalue weighted by molar-refractivity contribution is 7.90. The zero-order chi connectivity index (χ0) is 22.3. The molecule has 0 spiro atoms. The van der Waals surface area contributed by atoms with Gasteiger partial charge in [-0.25, -0.2) is 13.2 Å². The number of sulfone groups is 1. The average molecular weight is 442 g/mol. The molecule has 1 aromatic heterocycles. The van der Waals surface area contributed by atoms with Crippen molar-refractivity contribution in [2.45, 2.75) is 18.0 Å². The highest BCUT2D eigenvalue weighted by Crippen LogP contribution is 2.41. The van der Waals surface area contributed by atoms with E-state index >= 15 is 0 Å². The lowest BCUT2D eigenvalue weighted by atomic mass is 10.1. The van der Waals surface area contributed by atoms with Gasteiger partial charge in [0.25, 0.3) is 0 Å². The summed E-state index contributed by atoms with van der Waals surface area (Å²) < 4.78 is 76.0. The van der Waals surface area contributed by atoms with Gasteiger partial charge in [-0.15, -0.1) is 0 Å². The number of nitrogens with zero attached hydrogens (tertiary/aromatic N) is 2. The Labute approximate surface area is 169 Å². The molecule has 0 N–H and O–H groups in total. The van der Waals surface area contributed by atoms with Gasteiger partial charge in [-0.2, -0.15) is 18.3 Å². The van der Waals surface area contributed by atoms with Crippen molar-refractivity contribution in [3.8, 4) is 11.5 Å². The first-order chi connectivity index (χ1) is 13.9. The Bertz CT molecular complexity index is 1230. The average Bonchev–Trinajstić information content (AvgIpc) is 3.01. The first kappa shape index (κ1) is 21.6. The van der Waals surface area contributed by atoms with E-state index in [0.29, 0.717) is 17.0 Å². The highest BCUT2D eigenvalue weighted by Gasteiger charge is 2.36. The van der Waals surface area contributed by atoms with Gasteiger partial charge in [-0.3, -0.25) is 4.68 Å². The normalized spacial score (nSPS) is 12.2.